The standard InChI is InChI=1S/C21H20BrN3O4S/c1-13(20(28)29)12-25-19(27)17(30-21(25)24-15-5-3-2-4-6-15)11-18(26)23-16-9-7-14(22)8-10-16/h2-10,13,17H,11-12H2,1H3,(H,23,26)(H,28,29)/p-1. The third kappa shape index (κ3) is 5.70. The predicted molar refractivity (Wildman–Crippen MR) is 118 cm³/mol. The van der Waals surface area contributed by atoms with Crippen LogP contribution in [0.5, 0.6) is 0 Å². The molecule has 0 radical (unpaired) electrons. The Morgan fingerprint density at radius 3 is 2.50 bits per heavy atom. The molecule has 3 rings (SSSR count). The molecule has 2 amide bonds. The van der Waals surface area contributed by atoms with Crippen molar-refractivity contribution in [3.05, 3.63) is 59.1 Å². The molecule has 0 aliphatic carbocycles. The predicted octanol–water partition coefficient (Wildman–Crippen LogP) is 2.80. The fourth-order valence-corrected chi connectivity index (χ4v) is 4.20. The van der Waals surface area contributed by atoms with Crippen LogP contribution in [0.4, 0.5) is 11.4 Å². The molecular formula is C21H19BrN3O4S-. The summed E-state index contributed by atoms with van der Waals surface area (Å²) < 4.78 is 0.890. The van der Waals surface area contributed by atoms with Gasteiger partial charge in [-0.15, -0.1) is 0 Å². The number of hydrogen-bond donors (Lipinski definition) is 1. The van der Waals surface area contributed by atoms with E-state index in [1.54, 1.807) is 36.4 Å². The number of nitrogens with zero attached hydrogens (tertiary/aromatic N) is 2. The van der Waals surface area contributed by atoms with Crippen LogP contribution in [0.3, 0.4) is 0 Å². The number of amides is 2. The van der Waals surface area contributed by atoms with Crippen molar-refractivity contribution in [2.45, 2.75) is 18.6 Å². The summed E-state index contributed by atoms with van der Waals surface area (Å²) in [6.45, 7) is 1.41. The number of para-hydroxylation sites is 1. The highest BCUT2D eigenvalue weighted by Gasteiger charge is 2.39. The summed E-state index contributed by atoms with van der Waals surface area (Å²) in [5, 5.41) is 13.6. The molecule has 0 aromatic heterocycles. The van der Waals surface area contributed by atoms with Crippen molar-refractivity contribution in [1.29, 1.82) is 0 Å². The first-order chi connectivity index (χ1) is 14.3. The normalized spacial score (nSPS) is 18.5. The first kappa shape index (κ1) is 22.0. The number of carbonyl (C=O) groups is 3. The topological polar surface area (TPSA) is 102 Å². The van der Waals surface area contributed by atoms with Gasteiger partial charge in [-0.05, 0) is 36.4 Å². The Labute approximate surface area is 186 Å². The van der Waals surface area contributed by atoms with Gasteiger partial charge < -0.3 is 15.2 Å². The number of aliphatic carboxylic acids is 1. The lowest BCUT2D eigenvalue weighted by Gasteiger charge is -2.21. The van der Waals surface area contributed by atoms with Crippen molar-refractivity contribution in [2.24, 2.45) is 10.9 Å². The fraction of sp³-hybridized carbons (Fsp3) is 0.238. The van der Waals surface area contributed by atoms with Crippen LogP contribution in [0.2, 0.25) is 0 Å². The van der Waals surface area contributed by atoms with Crippen molar-refractivity contribution in [1.82, 2.24) is 4.90 Å². The molecule has 0 saturated carbocycles. The lowest BCUT2D eigenvalue weighted by Crippen LogP contribution is -2.42. The van der Waals surface area contributed by atoms with E-state index in [9.17, 15) is 19.5 Å². The number of thioether (sulfide) groups is 1. The van der Waals surface area contributed by atoms with Gasteiger partial charge in [-0.1, -0.05) is 52.8 Å². The Bertz CT molecular complexity index is 966. The summed E-state index contributed by atoms with van der Waals surface area (Å²) >= 11 is 4.50. The molecule has 2 unspecified atom stereocenters. The molecule has 30 heavy (non-hydrogen) atoms. The van der Waals surface area contributed by atoms with Crippen LogP contribution < -0.4 is 10.4 Å². The average molecular weight is 489 g/mol. The second-order valence-corrected chi connectivity index (χ2v) is 8.85. The summed E-state index contributed by atoms with van der Waals surface area (Å²) in [7, 11) is 0. The maximum atomic E-state index is 12.9. The van der Waals surface area contributed by atoms with Gasteiger partial charge in [0, 0.05) is 35.0 Å². The minimum Gasteiger partial charge on any atom is -0.550 e. The molecule has 0 spiro atoms. The number of amidine groups is 1. The summed E-state index contributed by atoms with van der Waals surface area (Å²) in [5.74, 6) is -2.76. The summed E-state index contributed by atoms with van der Waals surface area (Å²) in [4.78, 5) is 42.4. The van der Waals surface area contributed by atoms with Gasteiger partial charge in [-0.3, -0.25) is 14.5 Å². The molecule has 2 aromatic rings. The van der Waals surface area contributed by atoms with E-state index in [2.05, 4.69) is 26.2 Å². The Morgan fingerprint density at radius 2 is 1.87 bits per heavy atom. The van der Waals surface area contributed by atoms with E-state index in [1.165, 1.54) is 11.8 Å². The molecule has 1 saturated heterocycles. The third-order valence-electron chi connectivity index (χ3n) is 4.36. The molecule has 156 valence electrons. The zero-order valence-corrected chi connectivity index (χ0v) is 18.5. The van der Waals surface area contributed by atoms with Gasteiger partial charge in [0.1, 0.15) is 5.25 Å². The number of carbonyl (C=O) groups excluding carboxylic acids is 3. The first-order valence-electron chi connectivity index (χ1n) is 9.21. The highest BCUT2D eigenvalue weighted by molar-refractivity contribution is 9.10. The monoisotopic (exact) mass is 488 g/mol. The van der Waals surface area contributed by atoms with E-state index < -0.39 is 17.1 Å². The summed E-state index contributed by atoms with van der Waals surface area (Å²) in [5.41, 5.74) is 1.26. The SMILES string of the molecule is CC(CN1C(=O)C(CC(=O)Nc2ccc(Br)cc2)SC1=Nc1ccccc1)C(=O)[O-]. The second-order valence-electron chi connectivity index (χ2n) is 6.76. The first-order valence-corrected chi connectivity index (χ1v) is 10.9. The molecule has 1 heterocycles. The Hall–Kier alpha value is -2.65. The highest BCUT2D eigenvalue weighted by atomic mass is 79.9. The molecule has 0 bridgehead atoms. The number of benzene rings is 2. The molecule has 2 aromatic carbocycles. The third-order valence-corrected chi connectivity index (χ3v) is 6.06. The van der Waals surface area contributed by atoms with Crippen LogP contribution in [-0.4, -0.2) is 39.6 Å². The lowest BCUT2D eigenvalue weighted by atomic mass is 10.1. The van der Waals surface area contributed by atoms with Crippen LogP contribution in [0, 0.1) is 5.92 Å². The highest BCUT2D eigenvalue weighted by Crippen LogP contribution is 2.32. The van der Waals surface area contributed by atoms with Crippen LogP contribution in [0.1, 0.15) is 13.3 Å². The van der Waals surface area contributed by atoms with Gasteiger partial charge in [-0.2, -0.15) is 0 Å². The number of aliphatic imine (C=N–C) groups is 1. The van der Waals surface area contributed by atoms with Crippen LogP contribution in [-0.2, 0) is 14.4 Å². The lowest BCUT2D eigenvalue weighted by molar-refractivity contribution is -0.311. The minimum absolute atomic E-state index is 0.0520. The van der Waals surface area contributed by atoms with Gasteiger partial charge in [0.05, 0.1) is 5.69 Å². The fourth-order valence-electron chi connectivity index (χ4n) is 2.77. The minimum atomic E-state index is -1.25. The molecule has 1 aliphatic heterocycles. The maximum Gasteiger partial charge on any atom is 0.242 e. The molecular weight excluding hydrogens is 470 g/mol. The molecule has 1 aliphatic rings. The van der Waals surface area contributed by atoms with Gasteiger partial charge in [0.25, 0.3) is 0 Å². The van der Waals surface area contributed by atoms with Crippen molar-refractivity contribution >= 4 is 62.0 Å². The quantitative estimate of drug-likeness (QED) is 0.645. The van der Waals surface area contributed by atoms with E-state index in [0.29, 0.717) is 16.5 Å². The van der Waals surface area contributed by atoms with E-state index in [0.717, 1.165) is 16.2 Å². The molecule has 7 nitrogen and oxygen atoms in total. The number of hydrogen-bond acceptors (Lipinski definition) is 6. The second kappa shape index (κ2) is 9.90. The zero-order chi connectivity index (χ0) is 21.7. The number of carboxylic acid groups (broad SMARTS) is 1. The van der Waals surface area contributed by atoms with E-state index in [4.69, 9.17) is 0 Å². The van der Waals surface area contributed by atoms with Crippen LogP contribution in [0.15, 0.2) is 64.1 Å². The number of halogens is 1. The number of rotatable bonds is 7. The van der Waals surface area contributed by atoms with E-state index >= 15 is 0 Å². The van der Waals surface area contributed by atoms with Crippen molar-refractivity contribution in [2.75, 3.05) is 11.9 Å². The largest absolute Gasteiger partial charge is 0.550 e. The van der Waals surface area contributed by atoms with Crippen LogP contribution in [0.25, 0.3) is 0 Å². The van der Waals surface area contributed by atoms with Crippen molar-refractivity contribution in [3.63, 3.8) is 0 Å². The molecule has 1 fully saturated rings. The smallest absolute Gasteiger partial charge is 0.242 e. The average Bonchev–Trinajstić information content (AvgIpc) is 2.99. The van der Waals surface area contributed by atoms with E-state index in [-0.39, 0.29) is 24.8 Å². The van der Waals surface area contributed by atoms with Gasteiger partial charge in [0.2, 0.25) is 11.8 Å². The van der Waals surface area contributed by atoms with Gasteiger partial charge in [0.15, 0.2) is 5.17 Å². The summed E-state index contributed by atoms with van der Waals surface area (Å²) in [6, 6.07) is 16.2. The molecule has 1 N–H and O–H groups in total. The number of carboxylic acids is 1. The van der Waals surface area contributed by atoms with E-state index in [1.807, 2.05) is 18.2 Å². The van der Waals surface area contributed by atoms with Crippen molar-refractivity contribution < 1.29 is 19.5 Å². The Morgan fingerprint density at radius 1 is 1.20 bits per heavy atom. The zero-order valence-electron chi connectivity index (χ0n) is 16.1. The number of nitrogens with one attached hydrogen (secondary N) is 1. The van der Waals surface area contributed by atoms with Crippen LogP contribution >= 0.6 is 27.7 Å². The number of anilines is 1. The maximum absolute atomic E-state index is 12.9. The molecule has 2 atom stereocenters. The summed E-state index contributed by atoms with van der Waals surface area (Å²) in [6.07, 6.45) is -0.0520. The van der Waals surface area contributed by atoms with Gasteiger partial charge in [-0.25, -0.2) is 4.99 Å². The Kier molecular flexibility index (Phi) is 7.28. The Balaban J connectivity index is 1.75. The molecule has 9 heteroatoms. The van der Waals surface area contributed by atoms with Gasteiger partial charge >= 0.3 is 0 Å². The van der Waals surface area contributed by atoms with Crippen molar-refractivity contribution in [3.8, 4) is 0 Å².